The molecule has 29 heavy (non-hydrogen) atoms. The summed E-state index contributed by atoms with van der Waals surface area (Å²) in [4.78, 5) is 35.1. The van der Waals surface area contributed by atoms with Gasteiger partial charge in [-0.2, -0.15) is 9.78 Å². The van der Waals surface area contributed by atoms with Gasteiger partial charge >= 0.3 is 12.1 Å². The summed E-state index contributed by atoms with van der Waals surface area (Å²) < 4.78 is 11.1. The molecule has 0 fully saturated rings. The van der Waals surface area contributed by atoms with Crippen molar-refractivity contribution in [2.75, 3.05) is 7.11 Å². The number of hydrogen-bond donors (Lipinski definition) is 0. The molecule has 3 rings (SSSR count). The number of nitro groups is 1. The summed E-state index contributed by atoms with van der Waals surface area (Å²) in [5.74, 6) is -0.515. The minimum absolute atomic E-state index is 0.183. The second kappa shape index (κ2) is 7.34. The summed E-state index contributed by atoms with van der Waals surface area (Å²) in [6.07, 6.45) is -0.765. The number of methoxy groups -OCH3 is 1. The maximum Gasteiger partial charge on any atom is 0.435 e. The highest BCUT2D eigenvalue weighted by Crippen LogP contribution is 2.31. The molecular formula is C20H19N3O6. The van der Waals surface area contributed by atoms with Gasteiger partial charge in [-0.15, -0.1) is 0 Å². The second-order valence-corrected chi connectivity index (χ2v) is 7.27. The van der Waals surface area contributed by atoms with Crippen molar-refractivity contribution in [2.24, 2.45) is 0 Å². The molecule has 9 nitrogen and oxygen atoms in total. The van der Waals surface area contributed by atoms with Crippen LogP contribution in [0.3, 0.4) is 0 Å². The number of hydrogen-bond acceptors (Lipinski definition) is 7. The van der Waals surface area contributed by atoms with E-state index in [1.807, 2.05) is 0 Å². The van der Waals surface area contributed by atoms with E-state index in [1.54, 1.807) is 45.0 Å². The summed E-state index contributed by atoms with van der Waals surface area (Å²) in [6, 6.07) is 10.7. The Morgan fingerprint density at radius 2 is 1.86 bits per heavy atom. The lowest BCUT2D eigenvalue weighted by atomic mass is 10.0. The molecule has 0 aliphatic carbocycles. The molecular weight excluding hydrogens is 378 g/mol. The fourth-order valence-corrected chi connectivity index (χ4v) is 2.79. The van der Waals surface area contributed by atoms with Gasteiger partial charge in [0.05, 0.1) is 23.1 Å². The van der Waals surface area contributed by atoms with E-state index in [0.29, 0.717) is 22.2 Å². The molecule has 0 atom stereocenters. The smallest absolute Gasteiger partial charge is 0.435 e. The van der Waals surface area contributed by atoms with Crippen LogP contribution in [0.1, 0.15) is 31.1 Å². The number of esters is 1. The van der Waals surface area contributed by atoms with Crippen LogP contribution < -0.4 is 0 Å². The summed E-state index contributed by atoms with van der Waals surface area (Å²) in [5, 5.41) is 16.0. The number of nitro benzene ring substituents is 1. The summed E-state index contributed by atoms with van der Waals surface area (Å²) in [5.41, 5.74) is 0.512. The molecule has 0 amide bonds. The average Bonchev–Trinajstić information content (AvgIpc) is 3.05. The van der Waals surface area contributed by atoms with E-state index in [9.17, 15) is 19.7 Å². The number of aromatic nitrogens is 2. The maximum absolute atomic E-state index is 12.7. The highest BCUT2D eigenvalue weighted by molar-refractivity contribution is 5.99. The lowest BCUT2D eigenvalue weighted by Gasteiger charge is -2.19. The van der Waals surface area contributed by atoms with Crippen molar-refractivity contribution >= 4 is 28.7 Å². The van der Waals surface area contributed by atoms with E-state index in [4.69, 9.17) is 9.47 Å². The van der Waals surface area contributed by atoms with Crippen LogP contribution in [0, 0.1) is 10.1 Å². The molecule has 0 saturated heterocycles. The van der Waals surface area contributed by atoms with E-state index >= 15 is 0 Å². The maximum atomic E-state index is 12.7. The molecule has 0 N–H and O–H groups in total. The third kappa shape index (κ3) is 4.08. The number of carbonyl (C=O) groups is 2. The standard InChI is InChI=1S/C20H19N3O6/c1-20(2,3)29-19(25)22-16-11-14(23(26)27)8-9-15(16)17(21-22)12-6-5-7-13(10-12)18(24)28-4/h5-11H,1-4H3. The summed E-state index contributed by atoms with van der Waals surface area (Å²) in [6.45, 7) is 5.12. The zero-order valence-electron chi connectivity index (χ0n) is 16.3. The number of non-ortho nitro benzene ring substituents is 1. The molecule has 0 bridgehead atoms. The molecule has 0 aliphatic heterocycles. The quantitative estimate of drug-likeness (QED) is 0.370. The van der Waals surface area contributed by atoms with Gasteiger partial charge in [-0.3, -0.25) is 10.1 Å². The number of fused-ring (bicyclic) bond motifs is 1. The van der Waals surface area contributed by atoms with E-state index in [1.165, 1.54) is 25.3 Å². The molecule has 1 aromatic heterocycles. The van der Waals surface area contributed by atoms with Gasteiger partial charge in [-0.25, -0.2) is 9.59 Å². The van der Waals surface area contributed by atoms with Gasteiger partial charge in [-0.05, 0) is 39.0 Å². The third-order valence-corrected chi connectivity index (χ3v) is 4.00. The highest BCUT2D eigenvalue weighted by atomic mass is 16.6. The average molecular weight is 397 g/mol. The van der Waals surface area contributed by atoms with Crippen molar-refractivity contribution in [3.8, 4) is 11.3 Å². The Hall–Kier alpha value is -3.75. The Bertz CT molecular complexity index is 1130. The van der Waals surface area contributed by atoms with Gasteiger partial charge < -0.3 is 9.47 Å². The largest absolute Gasteiger partial charge is 0.465 e. The van der Waals surface area contributed by atoms with Crippen LogP contribution in [0.4, 0.5) is 10.5 Å². The Balaban J connectivity index is 2.22. The molecule has 0 saturated carbocycles. The molecule has 1 heterocycles. The monoisotopic (exact) mass is 397 g/mol. The van der Waals surface area contributed by atoms with Crippen molar-refractivity contribution in [1.82, 2.24) is 9.78 Å². The molecule has 9 heteroatoms. The Morgan fingerprint density at radius 3 is 2.48 bits per heavy atom. The number of benzene rings is 2. The van der Waals surface area contributed by atoms with Gasteiger partial charge in [-0.1, -0.05) is 12.1 Å². The number of carbonyl (C=O) groups excluding carboxylic acids is 2. The van der Waals surface area contributed by atoms with Gasteiger partial charge in [0.15, 0.2) is 0 Å². The molecule has 2 aromatic carbocycles. The second-order valence-electron chi connectivity index (χ2n) is 7.27. The number of ether oxygens (including phenoxy) is 2. The Labute approximate surface area is 166 Å². The van der Waals surface area contributed by atoms with E-state index in [0.717, 1.165) is 4.68 Å². The van der Waals surface area contributed by atoms with Gasteiger partial charge in [0.2, 0.25) is 0 Å². The topological polar surface area (TPSA) is 114 Å². The zero-order chi connectivity index (χ0) is 21.3. The first-order valence-electron chi connectivity index (χ1n) is 8.70. The molecule has 0 unspecified atom stereocenters. The van der Waals surface area contributed by atoms with Gasteiger partial charge in [0.25, 0.3) is 5.69 Å². The van der Waals surface area contributed by atoms with Crippen molar-refractivity contribution < 1.29 is 24.0 Å². The van der Waals surface area contributed by atoms with Crippen molar-refractivity contribution in [1.29, 1.82) is 0 Å². The number of rotatable bonds is 3. The first-order chi connectivity index (χ1) is 13.6. The third-order valence-electron chi connectivity index (χ3n) is 4.00. The molecule has 150 valence electrons. The fraction of sp³-hybridized carbons (Fsp3) is 0.250. The zero-order valence-corrected chi connectivity index (χ0v) is 16.3. The van der Waals surface area contributed by atoms with Crippen LogP contribution in [-0.2, 0) is 9.47 Å². The van der Waals surface area contributed by atoms with E-state index in [-0.39, 0.29) is 11.2 Å². The highest BCUT2D eigenvalue weighted by Gasteiger charge is 2.24. The van der Waals surface area contributed by atoms with Crippen LogP contribution >= 0.6 is 0 Å². The fourth-order valence-electron chi connectivity index (χ4n) is 2.79. The summed E-state index contributed by atoms with van der Waals surface area (Å²) in [7, 11) is 1.28. The SMILES string of the molecule is COC(=O)c1cccc(-c2nn(C(=O)OC(C)(C)C)c3cc([N+](=O)[O-])ccc23)c1. The first-order valence-corrected chi connectivity index (χ1v) is 8.70. The number of nitrogens with zero attached hydrogens (tertiary/aromatic N) is 3. The molecule has 3 aromatic rings. The minimum atomic E-state index is -0.777. The van der Waals surface area contributed by atoms with Crippen molar-refractivity contribution in [3.05, 3.63) is 58.1 Å². The van der Waals surface area contributed by atoms with Crippen molar-refractivity contribution in [2.45, 2.75) is 26.4 Å². The van der Waals surface area contributed by atoms with Crippen LogP contribution in [-0.4, -0.2) is 39.5 Å². The molecule has 0 radical (unpaired) electrons. The minimum Gasteiger partial charge on any atom is -0.465 e. The Kier molecular flexibility index (Phi) is 5.06. The predicted octanol–water partition coefficient (Wildman–Crippen LogP) is 4.18. The predicted molar refractivity (Wildman–Crippen MR) is 105 cm³/mol. The lowest BCUT2D eigenvalue weighted by molar-refractivity contribution is -0.384. The first kappa shape index (κ1) is 20.0. The Morgan fingerprint density at radius 1 is 1.14 bits per heavy atom. The van der Waals surface area contributed by atoms with E-state index in [2.05, 4.69) is 5.10 Å². The van der Waals surface area contributed by atoms with Gasteiger partial charge in [0.1, 0.15) is 11.3 Å². The summed E-state index contributed by atoms with van der Waals surface area (Å²) >= 11 is 0. The van der Waals surface area contributed by atoms with Crippen LogP contribution in [0.15, 0.2) is 42.5 Å². The molecule has 0 aliphatic rings. The van der Waals surface area contributed by atoms with Crippen LogP contribution in [0.25, 0.3) is 22.2 Å². The van der Waals surface area contributed by atoms with Crippen molar-refractivity contribution in [3.63, 3.8) is 0 Å². The van der Waals surface area contributed by atoms with Crippen LogP contribution in [0.2, 0.25) is 0 Å². The van der Waals surface area contributed by atoms with Crippen LogP contribution in [0.5, 0.6) is 0 Å². The molecule has 0 spiro atoms. The lowest BCUT2D eigenvalue weighted by Crippen LogP contribution is -2.27. The normalized spacial score (nSPS) is 11.3. The van der Waals surface area contributed by atoms with Gasteiger partial charge in [0, 0.05) is 23.1 Å². The van der Waals surface area contributed by atoms with E-state index < -0.39 is 22.6 Å².